The van der Waals surface area contributed by atoms with E-state index in [9.17, 15) is 18.3 Å². The number of alkyl halides is 3. The molecule has 0 amide bonds. The van der Waals surface area contributed by atoms with E-state index in [1.54, 1.807) is 6.07 Å². The van der Waals surface area contributed by atoms with Crippen LogP contribution in [0.15, 0.2) is 18.2 Å². The zero-order valence-electron chi connectivity index (χ0n) is 12.1. The zero-order chi connectivity index (χ0) is 16.1. The number of rotatable bonds is 6. The first-order valence-electron chi connectivity index (χ1n) is 6.78. The minimum atomic E-state index is -4.47. The Morgan fingerprint density at radius 2 is 1.86 bits per heavy atom. The number of hydrogen-bond acceptors (Lipinski definition) is 3. The molecule has 1 rings (SSSR count). The maximum atomic E-state index is 12.6. The molecule has 0 spiro atoms. The quantitative estimate of drug-likeness (QED) is 0.840. The van der Waals surface area contributed by atoms with E-state index in [1.165, 1.54) is 6.07 Å². The van der Waals surface area contributed by atoms with E-state index in [2.05, 4.69) is 5.32 Å². The molecule has 1 aromatic carbocycles. The monoisotopic (exact) mass is 300 g/mol. The molecule has 6 heteroatoms. The SMILES string of the molecule is CCC(CC)(CO)CNc1ccc(C(F)(F)F)cc1C#N. The second-order valence-corrected chi connectivity index (χ2v) is 5.09. The van der Waals surface area contributed by atoms with Gasteiger partial charge in [-0.15, -0.1) is 0 Å². The number of aliphatic hydroxyl groups excluding tert-OH is 1. The fraction of sp³-hybridized carbons (Fsp3) is 0.533. The summed E-state index contributed by atoms with van der Waals surface area (Å²) in [5.74, 6) is 0. The van der Waals surface area contributed by atoms with Crippen molar-refractivity contribution in [2.45, 2.75) is 32.9 Å². The smallest absolute Gasteiger partial charge is 0.396 e. The van der Waals surface area contributed by atoms with Crippen molar-refractivity contribution in [3.63, 3.8) is 0 Å². The van der Waals surface area contributed by atoms with Crippen LogP contribution in [0.5, 0.6) is 0 Å². The van der Waals surface area contributed by atoms with Gasteiger partial charge >= 0.3 is 6.18 Å². The third-order valence-corrected chi connectivity index (χ3v) is 3.96. The van der Waals surface area contributed by atoms with Gasteiger partial charge < -0.3 is 10.4 Å². The molecule has 0 bridgehead atoms. The van der Waals surface area contributed by atoms with E-state index in [4.69, 9.17) is 5.26 Å². The molecule has 0 fully saturated rings. The summed E-state index contributed by atoms with van der Waals surface area (Å²) in [4.78, 5) is 0. The molecule has 0 aliphatic heterocycles. The highest BCUT2D eigenvalue weighted by Gasteiger charge is 2.31. The molecule has 21 heavy (non-hydrogen) atoms. The molecular formula is C15H19F3N2O. The number of nitrogens with zero attached hydrogens (tertiary/aromatic N) is 1. The number of anilines is 1. The summed E-state index contributed by atoms with van der Waals surface area (Å²) in [5, 5.41) is 21.5. The van der Waals surface area contributed by atoms with Crippen LogP contribution in [0.2, 0.25) is 0 Å². The first kappa shape index (κ1) is 17.3. The Labute approximate surface area is 122 Å². The second-order valence-electron chi connectivity index (χ2n) is 5.09. The highest BCUT2D eigenvalue weighted by molar-refractivity contribution is 5.59. The second kappa shape index (κ2) is 6.81. The van der Waals surface area contributed by atoms with Crippen molar-refractivity contribution in [3.05, 3.63) is 29.3 Å². The van der Waals surface area contributed by atoms with E-state index in [-0.39, 0.29) is 17.6 Å². The Balaban J connectivity index is 2.98. The molecule has 1 aromatic rings. The van der Waals surface area contributed by atoms with Crippen molar-refractivity contribution in [1.29, 1.82) is 5.26 Å². The van der Waals surface area contributed by atoms with Crippen LogP contribution in [0.4, 0.5) is 18.9 Å². The Morgan fingerprint density at radius 3 is 2.29 bits per heavy atom. The van der Waals surface area contributed by atoms with E-state index >= 15 is 0 Å². The van der Waals surface area contributed by atoms with Gasteiger partial charge in [-0.2, -0.15) is 18.4 Å². The van der Waals surface area contributed by atoms with Gasteiger partial charge in [-0.1, -0.05) is 13.8 Å². The molecule has 0 heterocycles. The Kier molecular flexibility index (Phi) is 5.62. The van der Waals surface area contributed by atoms with Gasteiger partial charge in [0.15, 0.2) is 0 Å². The summed E-state index contributed by atoms with van der Waals surface area (Å²) < 4.78 is 37.8. The Hall–Kier alpha value is -1.74. The molecule has 0 radical (unpaired) electrons. The third-order valence-electron chi connectivity index (χ3n) is 3.96. The van der Waals surface area contributed by atoms with E-state index < -0.39 is 11.7 Å². The van der Waals surface area contributed by atoms with Gasteiger partial charge in [0.1, 0.15) is 6.07 Å². The number of benzene rings is 1. The summed E-state index contributed by atoms with van der Waals surface area (Å²) >= 11 is 0. The van der Waals surface area contributed by atoms with Gasteiger partial charge in [-0.3, -0.25) is 0 Å². The van der Waals surface area contributed by atoms with Crippen molar-refractivity contribution in [3.8, 4) is 6.07 Å². The maximum absolute atomic E-state index is 12.6. The van der Waals surface area contributed by atoms with Gasteiger partial charge in [-0.25, -0.2) is 0 Å². The van der Waals surface area contributed by atoms with Crippen LogP contribution in [0.1, 0.15) is 37.8 Å². The lowest BCUT2D eigenvalue weighted by Crippen LogP contribution is -2.32. The lowest BCUT2D eigenvalue weighted by Gasteiger charge is -2.30. The summed E-state index contributed by atoms with van der Waals surface area (Å²) in [6, 6.07) is 4.81. The molecular weight excluding hydrogens is 281 g/mol. The molecule has 3 nitrogen and oxygen atoms in total. The average Bonchev–Trinajstić information content (AvgIpc) is 2.48. The predicted octanol–water partition coefficient (Wildman–Crippen LogP) is 3.79. The molecule has 0 unspecified atom stereocenters. The minimum Gasteiger partial charge on any atom is -0.396 e. The minimum absolute atomic E-state index is 0.0183. The van der Waals surface area contributed by atoms with Crippen molar-refractivity contribution in [1.82, 2.24) is 0 Å². The summed E-state index contributed by atoms with van der Waals surface area (Å²) in [6.45, 7) is 4.27. The maximum Gasteiger partial charge on any atom is 0.416 e. The molecule has 0 saturated heterocycles. The highest BCUT2D eigenvalue weighted by atomic mass is 19.4. The van der Waals surface area contributed by atoms with Crippen LogP contribution in [-0.2, 0) is 6.18 Å². The lowest BCUT2D eigenvalue weighted by atomic mass is 9.83. The molecule has 0 saturated carbocycles. The van der Waals surface area contributed by atoms with Gasteiger partial charge in [-0.05, 0) is 31.0 Å². The van der Waals surface area contributed by atoms with Gasteiger partial charge in [0.2, 0.25) is 0 Å². The fourth-order valence-corrected chi connectivity index (χ4v) is 2.03. The highest BCUT2D eigenvalue weighted by Crippen LogP contribution is 2.32. The number of halogens is 3. The van der Waals surface area contributed by atoms with Gasteiger partial charge in [0.25, 0.3) is 0 Å². The summed E-state index contributed by atoms with van der Waals surface area (Å²) in [6.07, 6.45) is -3.00. The molecule has 0 atom stereocenters. The standard InChI is InChI=1S/C15H19F3N2O/c1-3-14(4-2,10-21)9-20-13-6-5-12(15(16,17)18)7-11(13)8-19/h5-7,20-21H,3-4,9-10H2,1-2H3. The molecule has 2 N–H and O–H groups in total. The van der Waals surface area contributed by atoms with Gasteiger partial charge in [0.05, 0.1) is 23.4 Å². The predicted molar refractivity (Wildman–Crippen MR) is 74.7 cm³/mol. The summed E-state index contributed by atoms with van der Waals surface area (Å²) in [5.41, 5.74) is -0.881. The van der Waals surface area contributed by atoms with Crippen LogP contribution in [0, 0.1) is 16.7 Å². The molecule has 0 aromatic heterocycles. The normalized spacial score (nSPS) is 12.0. The van der Waals surface area contributed by atoms with Crippen LogP contribution >= 0.6 is 0 Å². The van der Waals surface area contributed by atoms with Crippen LogP contribution in [0.3, 0.4) is 0 Å². The van der Waals surface area contributed by atoms with Crippen molar-refractivity contribution < 1.29 is 18.3 Å². The van der Waals surface area contributed by atoms with Crippen molar-refractivity contribution in [2.24, 2.45) is 5.41 Å². The van der Waals surface area contributed by atoms with Crippen LogP contribution < -0.4 is 5.32 Å². The third kappa shape index (κ3) is 4.11. The van der Waals surface area contributed by atoms with Crippen LogP contribution in [0.25, 0.3) is 0 Å². The van der Waals surface area contributed by atoms with Crippen molar-refractivity contribution >= 4 is 5.69 Å². The zero-order valence-corrected chi connectivity index (χ0v) is 12.1. The van der Waals surface area contributed by atoms with E-state index in [0.717, 1.165) is 25.0 Å². The Morgan fingerprint density at radius 1 is 1.24 bits per heavy atom. The number of nitriles is 1. The largest absolute Gasteiger partial charge is 0.416 e. The molecule has 0 aliphatic carbocycles. The summed E-state index contributed by atoms with van der Waals surface area (Å²) in [7, 11) is 0. The Bertz CT molecular complexity index is 508. The number of hydrogen-bond donors (Lipinski definition) is 2. The average molecular weight is 300 g/mol. The molecule has 0 aliphatic rings. The van der Waals surface area contributed by atoms with E-state index in [0.29, 0.717) is 12.2 Å². The van der Waals surface area contributed by atoms with E-state index in [1.807, 2.05) is 13.8 Å². The number of aliphatic hydroxyl groups is 1. The molecule has 116 valence electrons. The topological polar surface area (TPSA) is 56.0 Å². The van der Waals surface area contributed by atoms with Crippen LogP contribution in [-0.4, -0.2) is 18.3 Å². The fourth-order valence-electron chi connectivity index (χ4n) is 2.03. The van der Waals surface area contributed by atoms with Crippen molar-refractivity contribution in [2.75, 3.05) is 18.5 Å². The number of nitrogens with one attached hydrogen (secondary N) is 1. The lowest BCUT2D eigenvalue weighted by molar-refractivity contribution is -0.137. The van der Waals surface area contributed by atoms with Gasteiger partial charge in [0, 0.05) is 12.0 Å². The first-order chi connectivity index (χ1) is 9.81. The first-order valence-corrected chi connectivity index (χ1v) is 6.78.